The molecule has 0 spiro atoms. The van der Waals surface area contributed by atoms with E-state index in [-0.39, 0.29) is 10.9 Å². The molecule has 1 aliphatic heterocycles. The van der Waals surface area contributed by atoms with Crippen LogP contribution in [-0.2, 0) is 10.0 Å². The third-order valence-electron chi connectivity index (χ3n) is 3.25. The lowest BCUT2D eigenvalue weighted by molar-refractivity contribution is 0.545. The summed E-state index contributed by atoms with van der Waals surface area (Å²) in [6.45, 7) is 0. The van der Waals surface area contributed by atoms with Crippen molar-refractivity contribution >= 4 is 37.7 Å². The van der Waals surface area contributed by atoms with Crippen molar-refractivity contribution in [2.45, 2.75) is 22.3 Å². The van der Waals surface area contributed by atoms with Crippen molar-refractivity contribution in [3.8, 4) is 0 Å². The van der Waals surface area contributed by atoms with Gasteiger partial charge in [-0.1, -0.05) is 18.2 Å². The highest BCUT2D eigenvalue weighted by Gasteiger charge is 2.26. The van der Waals surface area contributed by atoms with Crippen LogP contribution in [0.1, 0.15) is 18.0 Å². The summed E-state index contributed by atoms with van der Waals surface area (Å²) < 4.78 is 28.4. The third kappa shape index (κ3) is 3.31. The quantitative estimate of drug-likeness (QED) is 0.880. The zero-order valence-electron chi connectivity index (χ0n) is 11.0. The van der Waals surface area contributed by atoms with Crippen LogP contribution in [-0.4, -0.2) is 19.2 Å². The molecule has 1 unspecified atom stereocenters. The van der Waals surface area contributed by atoms with Crippen LogP contribution >= 0.6 is 27.7 Å². The van der Waals surface area contributed by atoms with Crippen molar-refractivity contribution in [1.29, 1.82) is 0 Å². The maximum atomic E-state index is 12.5. The Labute approximate surface area is 136 Å². The predicted octanol–water partition coefficient (Wildman–Crippen LogP) is 3.36. The van der Waals surface area contributed by atoms with Crippen LogP contribution < -0.4 is 4.72 Å². The molecular weight excluding hydrogens is 372 g/mol. The van der Waals surface area contributed by atoms with Gasteiger partial charge in [0.05, 0.1) is 0 Å². The Hall–Kier alpha value is -0.890. The van der Waals surface area contributed by atoms with E-state index in [4.69, 9.17) is 0 Å². The molecular formula is C14H13BrN2O2S2. The molecule has 110 valence electrons. The minimum absolute atomic E-state index is 0.174. The number of thioether (sulfide) groups is 1. The van der Waals surface area contributed by atoms with E-state index in [2.05, 4.69) is 25.6 Å². The van der Waals surface area contributed by atoms with Gasteiger partial charge in [0.25, 0.3) is 0 Å². The molecule has 1 aliphatic rings. The van der Waals surface area contributed by atoms with Crippen LogP contribution in [0.3, 0.4) is 0 Å². The Bertz CT molecular complexity index is 765. The molecule has 0 saturated carbocycles. The Kier molecular flexibility index (Phi) is 4.35. The van der Waals surface area contributed by atoms with E-state index in [0.29, 0.717) is 4.47 Å². The van der Waals surface area contributed by atoms with Crippen molar-refractivity contribution in [2.75, 3.05) is 5.75 Å². The number of benzene rings is 1. The maximum absolute atomic E-state index is 12.5. The first kappa shape index (κ1) is 15.0. The van der Waals surface area contributed by atoms with Gasteiger partial charge in [-0.05, 0) is 45.8 Å². The number of aromatic nitrogens is 1. The van der Waals surface area contributed by atoms with E-state index in [9.17, 15) is 8.42 Å². The van der Waals surface area contributed by atoms with Crippen LogP contribution in [0, 0.1) is 0 Å². The molecule has 7 heteroatoms. The van der Waals surface area contributed by atoms with E-state index < -0.39 is 10.0 Å². The molecule has 1 aromatic heterocycles. The molecule has 0 radical (unpaired) electrons. The fourth-order valence-electron chi connectivity index (χ4n) is 2.26. The molecule has 21 heavy (non-hydrogen) atoms. The summed E-state index contributed by atoms with van der Waals surface area (Å²) in [5.74, 6) is 0.904. The lowest BCUT2D eigenvalue weighted by atomic mass is 10.1. The van der Waals surface area contributed by atoms with E-state index in [1.807, 2.05) is 24.3 Å². The predicted molar refractivity (Wildman–Crippen MR) is 86.8 cm³/mol. The van der Waals surface area contributed by atoms with Crippen LogP contribution in [0.2, 0.25) is 0 Å². The number of fused-ring (bicyclic) bond motifs is 1. The van der Waals surface area contributed by atoms with Gasteiger partial charge in [-0.2, -0.15) is 0 Å². The zero-order valence-corrected chi connectivity index (χ0v) is 14.2. The second kappa shape index (κ2) is 6.08. The van der Waals surface area contributed by atoms with Crippen LogP contribution in [0.4, 0.5) is 0 Å². The highest BCUT2D eigenvalue weighted by molar-refractivity contribution is 9.10. The number of halogens is 1. The number of sulfonamides is 1. The molecule has 2 aromatic rings. The van der Waals surface area contributed by atoms with E-state index in [0.717, 1.165) is 22.6 Å². The van der Waals surface area contributed by atoms with Gasteiger partial charge in [0, 0.05) is 27.8 Å². The third-order valence-corrected chi connectivity index (χ3v) is 6.24. The largest absolute Gasteiger partial charge is 0.262 e. The minimum atomic E-state index is -3.58. The summed E-state index contributed by atoms with van der Waals surface area (Å²) in [7, 11) is -3.58. The van der Waals surface area contributed by atoms with Gasteiger partial charge in [-0.15, -0.1) is 11.8 Å². The number of rotatable bonds is 3. The molecule has 0 fully saturated rings. The lowest BCUT2D eigenvalue weighted by Gasteiger charge is -2.25. The average Bonchev–Trinajstić information content (AvgIpc) is 2.47. The summed E-state index contributed by atoms with van der Waals surface area (Å²) in [4.78, 5) is 5.23. The van der Waals surface area contributed by atoms with E-state index >= 15 is 0 Å². The normalized spacial score (nSPS) is 18.2. The van der Waals surface area contributed by atoms with Gasteiger partial charge >= 0.3 is 0 Å². The number of hydrogen-bond donors (Lipinski definition) is 1. The number of nitrogens with zero attached hydrogens (tertiary/aromatic N) is 1. The molecule has 1 aromatic carbocycles. The van der Waals surface area contributed by atoms with Crippen molar-refractivity contribution in [3.05, 3.63) is 52.8 Å². The molecule has 2 heterocycles. The lowest BCUT2D eigenvalue weighted by Crippen LogP contribution is -2.30. The van der Waals surface area contributed by atoms with Gasteiger partial charge in [0.1, 0.15) is 4.90 Å². The summed E-state index contributed by atoms with van der Waals surface area (Å²) >= 11 is 5.01. The van der Waals surface area contributed by atoms with Gasteiger partial charge < -0.3 is 0 Å². The summed E-state index contributed by atoms with van der Waals surface area (Å²) in [5, 5.41) is 0. The molecule has 0 aliphatic carbocycles. The van der Waals surface area contributed by atoms with Crippen LogP contribution in [0.25, 0.3) is 0 Å². The van der Waals surface area contributed by atoms with Crippen LogP contribution in [0.15, 0.2) is 57.0 Å². The first-order valence-electron chi connectivity index (χ1n) is 6.41. The zero-order chi connectivity index (χ0) is 14.9. The van der Waals surface area contributed by atoms with Crippen molar-refractivity contribution < 1.29 is 8.42 Å². The SMILES string of the molecule is O=S(=O)(NC1CCSc2ccccc21)c1cncc(Br)c1. The van der Waals surface area contributed by atoms with E-state index in [1.54, 1.807) is 24.0 Å². The van der Waals surface area contributed by atoms with Gasteiger partial charge in [-0.25, -0.2) is 13.1 Å². The van der Waals surface area contributed by atoms with Crippen molar-refractivity contribution in [2.24, 2.45) is 0 Å². The van der Waals surface area contributed by atoms with Gasteiger partial charge in [-0.3, -0.25) is 4.98 Å². The molecule has 1 N–H and O–H groups in total. The summed E-state index contributed by atoms with van der Waals surface area (Å²) in [6, 6.07) is 9.29. The Morgan fingerprint density at radius 2 is 2.10 bits per heavy atom. The highest BCUT2D eigenvalue weighted by atomic mass is 79.9. The molecule has 0 amide bonds. The van der Waals surface area contributed by atoms with E-state index in [1.165, 1.54) is 6.20 Å². The molecule has 4 nitrogen and oxygen atoms in total. The van der Waals surface area contributed by atoms with Crippen molar-refractivity contribution in [1.82, 2.24) is 9.71 Å². The maximum Gasteiger partial charge on any atom is 0.242 e. The molecule has 1 atom stereocenters. The Morgan fingerprint density at radius 3 is 2.90 bits per heavy atom. The minimum Gasteiger partial charge on any atom is -0.262 e. The fourth-order valence-corrected chi connectivity index (χ4v) is 5.14. The highest BCUT2D eigenvalue weighted by Crippen LogP contribution is 2.36. The smallest absolute Gasteiger partial charge is 0.242 e. The Morgan fingerprint density at radius 1 is 1.29 bits per heavy atom. The fraction of sp³-hybridized carbons (Fsp3) is 0.214. The van der Waals surface area contributed by atoms with Gasteiger partial charge in [0.2, 0.25) is 10.0 Å². The summed E-state index contributed by atoms with van der Waals surface area (Å²) in [5.41, 5.74) is 1.04. The molecule has 0 saturated heterocycles. The van der Waals surface area contributed by atoms with Gasteiger partial charge in [0.15, 0.2) is 0 Å². The first-order valence-corrected chi connectivity index (χ1v) is 9.67. The second-order valence-corrected chi connectivity index (χ2v) is 8.45. The number of pyridine rings is 1. The Balaban J connectivity index is 1.90. The average molecular weight is 385 g/mol. The van der Waals surface area contributed by atoms with Crippen molar-refractivity contribution in [3.63, 3.8) is 0 Å². The second-order valence-electron chi connectivity index (χ2n) is 4.69. The first-order chi connectivity index (χ1) is 10.1. The number of hydrogen-bond acceptors (Lipinski definition) is 4. The monoisotopic (exact) mass is 384 g/mol. The number of nitrogens with one attached hydrogen (secondary N) is 1. The summed E-state index contributed by atoms with van der Waals surface area (Å²) in [6.07, 6.45) is 3.70. The topological polar surface area (TPSA) is 59.1 Å². The molecule has 0 bridgehead atoms. The standard InChI is InChI=1S/C14H13BrN2O2S2/c15-10-7-11(9-16-8-10)21(18,19)17-13-5-6-20-14-4-2-1-3-12(13)14/h1-4,7-9,13,17H,5-6H2. The van der Waals surface area contributed by atoms with Crippen LogP contribution in [0.5, 0.6) is 0 Å². The molecule has 3 rings (SSSR count).